The zero-order valence-electron chi connectivity index (χ0n) is 19.9. The Labute approximate surface area is 215 Å². The summed E-state index contributed by atoms with van der Waals surface area (Å²) in [5.74, 6) is -1.53. The van der Waals surface area contributed by atoms with Gasteiger partial charge in [0.2, 0.25) is 11.8 Å². The summed E-state index contributed by atoms with van der Waals surface area (Å²) < 4.78 is 41.6. The second kappa shape index (κ2) is 12.0. The van der Waals surface area contributed by atoms with Crippen LogP contribution >= 0.6 is 11.6 Å². The lowest BCUT2D eigenvalue weighted by Crippen LogP contribution is -2.51. The van der Waals surface area contributed by atoms with Crippen LogP contribution in [0.4, 0.5) is 10.1 Å². The van der Waals surface area contributed by atoms with Crippen LogP contribution in [0.3, 0.4) is 0 Å². The van der Waals surface area contributed by atoms with Gasteiger partial charge in [-0.3, -0.25) is 13.9 Å². The number of nitrogens with one attached hydrogen (secondary N) is 1. The molecule has 7 nitrogen and oxygen atoms in total. The van der Waals surface area contributed by atoms with E-state index < -0.39 is 34.3 Å². The highest BCUT2D eigenvalue weighted by atomic mass is 35.5. The van der Waals surface area contributed by atoms with E-state index in [1.807, 2.05) is 0 Å². The highest BCUT2D eigenvalue weighted by Gasteiger charge is 2.32. The van der Waals surface area contributed by atoms with Crippen molar-refractivity contribution < 1.29 is 22.4 Å². The number of benzene rings is 3. The van der Waals surface area contributed by atoms with E-state index >= 15 is 0 Å². The molecule has 36 heavy (non-hydrogen) atoms. The van der Waals surface area contributed by atoms with Crippen molar-refractivity contribution in [2.75, 3.05) is 17.4 Å². The largest absolute Gasteiger partial charge is 0.355 e. The van der Waals surface area contributed by atoms with E-state index in [0.29, 0.717) is 17.1 Å². The number of likely N-dealkylation sites (N-methyl/N-ethyl adjacent to an activating group) is 1. The highest BCUT2D eigenvalue weighted by molar-refractivity contribution is 7.92. The summed E-state index contributed by atoms with van der Waals surface area (Å²) in [5, 5.41) is 3.21. The Bertz CT molecular complexity index is 1290. The fourth-order valence-corrected chi connectivity index (χ4v) is 5.11. The SMILES string of the molecule is CCNC(=O)[C@H](C)N(Cc1ccc(Cl)cc1)C(=O)CN(c1ccc(F)cc1)S(=O)(=O)c1ccccc1. The lowest BCUT2D eigenvalue weighted by Gasteiger charge is -2.32. The van der Waals surface area contributed by atoms with Crippen LogP contribution in [-0.2, 0) is 26.2 Å². The van der Waals surface area contributed by atoms with Gasteiger partial charge in [-0.15, -0.1) is 0 Å². The van der Waals surface area contributed by atoms with Gasteiger partial charge < -0.3 is 10.2 Å². The summed E-state index contributed by atoms with van der Waals surface area (Å²) in [4.78, 5) is 27.6. The van der Waals surface area contributed by atoms with Crippen LogP contribution in [0.15, 0.2) is 83.8 Å². The maximum absolute atomic E-state index is 13.6. The van der Waals surface area contributed by atoms with Gasteiger partial charge in [0.05, 0.1) is 10.6 Å². The molecule has 0 radical (unpaired) electrons. The molecule has 0 aliphatic heterocycles. The third kappa shape index (κ3) is 6.61. The van der Waals surface area contributed by atoms with Crippen molar-refractivity contribution >= 4 is 39.1 Å². The molecule has 0 heterocycles. The number of halogens is 2. The molecule has 10 heteroatoms. The van der Waals surface area contributed by atoms with Gasteiger partial charge in [-0.05, 0) is 67.9 Å². The first-order chi connectivity index (χ1) is 17.1. The Hall–Kier alpha value is -3.43. The van der Waals surface area contributed by atoms with Gasteiger partial charge in [0.15, 0.2) is 0 Å². The molecule has 3 aromatic rings. The maximum Gasteiger partial charge on any atom is 0.264 e. The van der Waals surface area contributed by atoms with Crippen LogP contribution in [0.1, 0.15) is 19.4 Å². The van der Waals surface area contributed by atoms with E-state index in [1.165, 1.54) is 29.2 Å². The lowest BCUT2D eigenvalue weighted by atomic mass is 10.1. The number of carbonyl (C=O) groups is 2. The molecule has 190 valence electrons. The number of hydrogen-bond acceptors (Lipinski definition) is 4. The second-order valence-corrected chi connectivity index (χ2v) is 10.3. The zero-order chi connectivity index (χ0) is 26.3. The predicted octanol–water partition coefficient (Wildman–Crippen LogP) is 4.23. The van der Waals surface area contributed by atoms with Crippen molar-refractivity contribution in [2.24, 2.45) is 0 Å². The van der Waals surface area contributed by atoms with E-state index in [1.54, 1.807) is 56.3 Å². The lowest BCUT2D eigenvalue weighted by molar-refractivity contribution is -0.139. The molecule has 3 rings (SSSR count). The van der Waals surface area contributed by atoms with Gasteiger partial charge in [0.25, 0.3) is 10.0 Å². The predicted molar refractivity (Wildman–Crippen MR) is 138 cm³/mol. The molecule has 1 atom stereocenters. The molecule has 0 aliphatic rings. The number of carbonyl (C=O) groups excluding carboxylic acids is 2. The molecule has 0 fully saturated rings. The molecule has 0 spiro atoms. The van der Waals surface area contributed by atoms with Crippen LogP contribution < -0.4 is 9.62 Å². The first kappa shape index (κ1) is 27.2. The second-order valence-electron chi connectivity index (χ2n) is 8.02. The van der Waals surface area contributed by atoms with E-state index in [-0.39, 0.29) is 23.0 Å². The molecule has 3 aromatic carbocycles. The minimum atomic E-state index is -4.18. The average molecular weight is 532 g/mol. The molecule has 1 N–H and O–H groups in total. The molecule has 0 saturated carbocycles. The van der Waals surface area contributed by atoms with Gasteiger partial charge in [0.1, 0.15) is 18.4 Å². The molecule has 0 aliphatic carbocycles. The Morgan fingerprint density at radius 1 is 0.972 bits per heavy atom. The van der Waals surface area contributed by atoms with E-state index in [9.17, 15) is 22.4 Å². The molecule has 0 unspecified atom stereocenters. The topological polar surface area (TPSA) is 86.8 Å². The minimum Gasteiger partial charge on any atom is -0.355 e. The van der Waals surface area contributed by atoms with Crippen LogP contribution in [0.2, 0.25) is 5.02 Å². The number of hydrogen-bond donors (Lipinski definition) is 1. The molecule has 2 amide bonds. The number of sulfonamides is 1. The number of anilines is 1. The van der Waals surface area contributed by atoms with Crippen molar-refractivity contribution in [1.82, 2.24) is 10.2 Å². The molecule has 0 saturated heterocycles. The van der Waals surface area contributed by atoms with Crippen LogP contribution in [0.5, 0.6) is 0 Å². The van der Waals surface area contributed by atoms with Crippen molar-refractivity contribution in [1.29, 1.82) is 0 Å². The molecule has 0 bridgehead atoms. The van der Waals surface area contributed by atoms with Gasteiger partial charge >= 0.3 is 0 Å². The summed E-state index contributed by atoms with van der Waals surface area (Å²) in [6, 6.07) is 18.4. The summed E-state index contributed by atoms with van der Waals surface area (Å²) in [5.41, 5.74) is 0.828. The minimum absolute atomic E-state index is 0.0249. The Morgan fingerprint density at radius 3 is 2.17 bits per heavy atom. The van der Waals surface area contributed by atoms with E-state index in [4.69, 9.17) is 11.6 Å². The van der Waals surface area contributed by atoms with Crippen molar-refractivity contribution in [2.45, 2.75) is 31.3 Å². The Kier molecular flexibility index (Phi) is 9.06. The number of amides is 2. The summed E-state index contributed by atoms with van der Waals surface area (Å²) in [7, 11) is -4.18. The zero-order valence-corrected chi connectivity index (χ0v) is 21.5. The highest BCUT2D eigenvalue weighted by Crippen LogP contribution is 2.25. The molecular weight excluding hydrogens is 505 g/mol. The van der Waals surface area contributed by atoms with E-state index in [2.05, 4.69) is 5.32 Å². The van der Waals surface area contributed by atoms with Crippen molar-refractivity contribution in [3.05, 3.63) is 95.3 Å². The monoisotopic (exact) mass is 531 g/mol. The van der Waals surface area contributed by atoms with Crippen molar-refractivity contribution in [3.63, 3.8) is 0 Å². The summed E-state index contributed by atoms with van der Waals surface area (Å²) >= 11 is 5.98. The van der Waals surface area contributed by atoms with E-state index in [0.717, 1.165) is 16.4 Å². The quantitative estimate of drug-likeness (QED) is 0.424. The first-order valence-electron chi connectivity index (χ1n) is 11.3. The molecular formula is C26H27ClFN3O4S. The fraction of sp³-hybridized carbons (Fsp3) is 0.231. The van der Waals surface area contributed by atoms with Gasteiger partial charge in [-0.1, -0.05) is 41.9 Å². The molecule has 0 aromatic heterocycles. The van der Waals surface area contributed by atoms with Crippen molar-refractivity contribution in [3.8, 4) is 0 Å². The first-order valence-corrected chi connectivity index (χ1v) is 13.1. The van der Waals surface area contributed by atoms with Crippen LogP contribution in [0, 0.1) is 5.82 Å². The fourth-order valence-electron chi connectivity index (χ4n) is 3.55. The van der Waals surface area contributed by atoms with Crippen LogP contribution in [0.25, 0.3) is 0 Å². The normalized spacial score (nSPS) is 12.0. The van der Waals surface area contributed by atoms with Gasteiger partial charge in [0, 0.05) is 18.1 Å². The smallest absolute Gasteiger partial charge is 0.264 e. The van der Waals surface area contributed by atoms with Gasteiger partial charge in [-0.2, -0.15) is 0 Å². The summed E-state index contributed by atoms with van der Waals surface area (Å²) in [6.07, 6.45) is 0. The Balaban J connectivity index is 2.00. The van der Waals surface area contributed by atoms with Gasteiger partial charge in [-0.25, -0.2) is 12.8 Å². The average Bonchev–Trinajstić information content (AvgIpc) is 2.87. The standard InChI is InChI=1S/C26H27ClFN3O4S/c1-3-29-26(33)19(2)30(17-20-9-11-21(27)12-10-20)25(32)18-31(23-15-13-22(28)14-16-23)36(34,35)24-7-5-4-6-8-24/h4-16,19H,3,17-18H2,1-2H3,(H,29,33)/t19-/m0/s1. The van der Waals surface area contributed by atoms with Crippen LogP contribution in [-0.4, -0.2) is 44.3 Å². The maximum atomic E-state index is 13.6. The summed E-state index contributed by atoms with van der Waals surface area (Å²) in [6.45, 7) is 3.17. The third-order valence-corrected chi connectivity index (χ3v) is 7.55. The Morgan fingerprint density at radius 2 is 1.58 bits per heavy atom. The number of nitrogens with zero attached hydrogens (tertiary/aromatic N) is 2. The number of rotatable bonds is 10. The third-order valence-electron chi connectivity index (χ3n) is 5.51.